The average molecular weight is 544 g/mol. The van der Waals surface area contributed by atoms with Crippen LogP contribution in [0.4, 0.5) is 0 Å². The maximum Gasteiger partial charge on any atom is 0.200 e. The Morgan fingerprint density at radius 1 is 0.500 bits per heavy atom. The van der Waals surface area contributed by atoms with Gasteiger partial charge in [0.15, 0.2) is 23.0 Å². The lowest BCUT2D eigenvalue weighted by molar-refractivity contribution is 0.363. The molecule has 3 heterocycles. The smallest absolute Gasteiger partial charge is 0.200 e. The maximum absolute atomic E-state index is 13.0. The third kappa shape index (κ3) is 3.28. The number of hydrogen-bond donors (Lipinski definition) is 0. The SMILES string of the molecule is O=c1c2ccccc2oc2cc(-c3ccc4c(c3)Oc3c(ccc5c3c3ccccc3n5-c3ccccc3)O4)ccc12. The highest BCUT2D eigenvalue weighted by Crippen LogP contribution is 2.52. The highest BCUT2D eigenvalue weighted by Gasteiger charge is 2.25. The van der Waals surface area contributed by atoms with Gasteiger partial charge in [-0.2, -0.15) is 0 Å². The Balaban J connectivity index is 1.19. The standard InChI is InChI=1S/C37H21NO4/c39-36-26-11-5-7-13-30(26)40-33-20-22(14-16-27(33)36)23-15-18-31-34(21-23)42-37-32(41-31)19-17-29-35(37)25-10-4-6-12-28(25)38(29)24-8-2-1-3-9-24/h1-21H. The van der Waals surface area contributed by atoms with E-state index in [9.17, 15) is 4.79 Å². The van der Waals surface area contributed by atoms with E-state index in [-0.39, 0.29) is 5.43 Å². The highest BCUT2D eigenvalue weighted by atomic mass is 16.6. The van der Waals surface area contributed by atoms with Crippen LogP contribution in [0.25, 0.3) is 60.6 Å². The molecule has 0 N–H and O–H groups in total. The average Bonchev–Trinajstić information content (AvgIpc) is 3.39. The van der Waals surface area contributed by atoms with Crippen molar-refractivity contribution in [3.63, 3.8) is 0 Å². The van der Waals surface area contributed by atoms with Gasteiger partial charge in [0.2, 0.25) is 5.43 Å². The molecule has 1 aliphatic heterocycles. The number of aromatic nitrogens is 1. The minimum Gasteiger partial charge on any atom is -0.456 e. The zero-order chi connectivity index (χ0) is 27.8. The van der Waals surface area contributed by atoms with Crippen molar-refractivity contribution in [2.24, 2.45) is 0 Å². The van der Waals surface area contributed by atoms with E-state index in [0.717, 1.165) is 38.6 Å². The van der Waals surface area contributed by atoms with E-state index in [2.05, 4.69) is 41.0 Å². The number of hydrogen-bond acceptors (Lipinski definition) is 4. The van der Waals surface area contributed by atoms with Gasteiger partial charge in [-0.3, -0.25) is 4.79 Å². The lowest BCUT2D eigenvalue weighted by atomic mass is 10.0. The summed E-state index contributed by atoms with van der Waals surface area (Å²) in [6.07, 6.45) is 0. The molecule has 9 rings (SSSR count). The van der Waals surface area contributed by atoms with Gasteiger partial charge in [-0.05, 0) is 77.9 Å². The molecule has 0 atom stereocenters. The van der Waals surface area contributed by atoms with Crippen molar-refractivity contribution < 1.29 is 13.9 Å². The molecular formula is C37H21NO4. The first-order chi connectivity index (χ1) is 20.7. The van der Waals surface area contributed by atoms with Crippen molar-refractivity contribution in [1.29, 1.82) is 0 Å². The van der Waals surface area contributed by atoms with Crippen LogP contribution >= 0.6 is 0 Å². The Bertz CT molecular complexity index is 2440. The molecular weight excluding hydrogens is 522 g/mol. The lowest BCUT2D eigenvalue weighted by Gasteiger charge is -2.22. The molecule has 8 aromatic rings. The third-order valence-corrected chi connectivity index (χ3v) is 8.06. The van der Waals surface area contributed by atoms with E-state index in [1.54, 1.807) is 6.07 Å². The van der Waals surface area contributed by atoms with Gasteiger partial charge in [0.05, 0.1) is 27.2 Å². The van der Waals surface area contributed by atoms with E-state index in [4.69, 9.17) is 13.9 Å². The van der Waals surface area contributed by atoms with E-state index in [1.807, 2.05) is 84.9 Å². The summed E-state index contributed by atoms with van der Waals surface area (Å²) in [6, 6.07) is 41.7. The molecule has 0 fully saturated rings. The van der Waals surface area contributed by atoms with Crippen LogP contribution in [0.5, 0.6) is 23.0 Å². The van der Waals surface area contributed by atoms with Crippen LogP contribution in [-0.4, -0.2) is 4.57 Å². The van der Waals surface area contributed by atoms with Crippen molar-refractivity contribution in [3.05, 3.63) is 138 Å². The number of nitrogens with zero attached hydrogens (tertiary/aromatic N) is 1. The minimum absolute atomic E-state index is 0.0316. The Hall–Kier alpha value is -5.81. The maximum atomic E-state index is 13.0. The number of para-hydroxylation sites is 3. The fourth-order valence-electron chi connectivity index (χ4n) is 6.11. The molecule has 1 aliphatic rings. The number of fused-ring (bicyclic) bond motifs is 8. The molecule has 0 spiro atoms. The van der Waals surface area contributed by atoms with Gasteiger partial charge in [0, 0.05) is 11.1 Å². The van der Waals surface area contributed by atoms with E-state index in [1.165, 1.54) is 0 Å². The monoisotopic (exact) mass is 543 g/mol. The fraction of sp³-hybridized carbons (Fsp3) is 0. The van der Waals surface area contributed by atoms with Crippen LogP contribution in [0.3, 0.4) is 0 Å². The second-order valence-corrected chi connectivity index (χ2v) is 10.5. The molecule has 0 aliphatic carbocycles. The second kappa shape index (κ2) is 8.59. The summed E-state index contributed by atoms with van der Waals surface area (Å²) >= 11 is 0. The van der Waals surface area contributed by atoms with Crippen LogP contribution in [0.15, 0.2) is 137 Å². The topological polar surface area (TPSA) is 53.6 Å². The second-order valence-electron chi connectivity index (χ2n) is 10.5. The molecule has 42 heavy (non-hydrogen) atoms. The molecule has 0 radical (unpaired) electrons. The van der Waals surface area contributed by atoms with Gasteiger partial charge in [-0.1, -0.05) is 60.7 Å². The summed E-state index contributed by atoms with van der Waals surface area (Å²) < 4.78 is 21.4. The van der Waals surface area contributed by atoms with Crippen molar-refractivity contribution in [1.82, 2.24) is 4.57 Å². The molecule has 198 valence electrons. The number of rotatable bonds is 2. The van der Waals surface area contributed by atoms with Crippen LogP contribution in [0, 0.1) is 0 Å². The fourth-order valence-corrected chi connectivity index (χ4v) is 6.11. The lowest BCUT2D eigenvalue weighted by Crippen LogP contribution is -2.02. The van der Waals surface area contributed by atoms with Gasteiger partial charge in [-0.25, -0.2) is 0 Å². The number of benzene rings is 6. The molecule has 0 saturated carbocycles. The first-order valence-corrected chi connectivity index (χ1v) is 13.8. The summed E-state index contributed by atoms with van der Waals surface area (Å²) in [5.74, 6) is 2.65. The zero-order valence-corrected chi connectivity index (χ0v) is 22.2. The van der Waals surface area contributed by atoms with Crippen LogP contribution in [0.2, 0.25) is 0 Å². The summed E-state index contributed by atoms with van der Waals surface area (Å²) in [5.41, 5.74) is 6.15. The Labute approximate surface area is 239 Å². The normalized spacial score (nSPS) is 12.3. The Morgan fingerprint density at radius 2 is 1.21 bits per heavy atom. The predicted octanol–water partition coefficient (Wildman–Crippen LogP) is 9.61. The summed E-state index contributed by atoms with van der Waals surface area (Å²) in [6.45, 7) is 0. The van der Waals surface area contributed by atoms with Crippen LogP contribution in [0.1, 0.15) is 0 Å². The molecule has 0 bridgehead atoms. The molecule has 5 heteroatoms. The molecule has 5 nitrogen and oxygen atoms in total. The molecule has 0 unspecified atom stereocenters. The summed E-state index contributed by atoms with van der Waals surface area (Å²) in [4.78, 5) is 13.0. The van der Waals surface area contributed by atoms with E-state index in [0.29, 0.717) is 44.9 Å². The first-order valence-electron chi connectivity index (χ1n) is 13.8. The Kier molecular flexibility index (Phi) is 4.70. The van der Waals surface area contributed by atoms with Crippen molar-refractivity contribution in [2.75, 3.05) is 0 Å². The molecule has 6 aromatic carbocycles. The first kappa shape index (κ1) is 22.9. The van der Waals surface area contributed by atoms with E-state index < -0.39 is 0 Å². The number of ether oxygens (including phenoxy) is 2. The predicted molar refractivity (Wildman–Crippen MR) is 166 cm³/mol. The van der Waals surface area contributed by atoms with Gasteiger partial charge >= 0.3 is 0 Å². The Morgan fingerprint density at radius 3 is 2.12 bits per heavy atom. The van der Waals surface area contributed by atoms with Gasteiger partial charge in [-0.15, -0.1) is 0 Å². The minimum atomic E-state index is -0.0316. The van der Waals surface area contributed by atoms with Crippen molar-refractivity contribution in [3.8, 4) is 39.8 Å². The molecule has 0 saturated heterocycles. The van der Waals surface area contributed by atoms with E-state index >= 15 is 0 Å². The largest absolute Gasteiger partial charge is 0.456 e. The van der Waals surface area contributed by atoms with Crippen LogP contribution < -0.4 is 14.9 Å². The third-order valence-electron chi connectivity index (χ3n) is 8.06. The molecule has 2 aromatic heterocycles. The quantitative estimate of drug-likeness (QED) is 0.204. The molecule has 0 amide bonds. The highest BCUT2D eigenvalue weighted by molar-refractivity contribution is 6.13. The van der Waals surface area contributed by atoms with Crippen molar-refractivity contribution >= 4 is 43.7 Å². The zero-order valence-electron chi connectivity index (χ0n) is 22.2. The van der Waals surface area contributed by atoms with Crippen LogP contribution in [-0.2, 0) is 0 Å². The summed E-state index contributed by atoms with van der Waals surface area (Å²) in [7, 11) is 0. The van der Waals surface area contributed by atoms with Gasteiger partial charge in [0.25, 0.3) is 0 Å². The summed E-state index contributed by atoms with van der Waals surface area (Å²) in [5, 5.41) is 3.23. The van der Waals surface area contributed by atoms with Gasteiger partial charge in [0.1, 0.15) is 11.2 Å². The van der Waals surface area contributed by atoms with Crippen molar-refractivity contribution in [2.45, 2.75) is 0 Å². The van der Waals surface area contributed by atoms with Gasteiger partial charge < -0.3 is 18.5 Å².